The molecular weight excluding hydrogens is 264 g/mol. The maximum Gasteiger partial charge on any atom is 0.271 e. The minimum atomic E-state index is -0.258. The van der Waals surface area contributed by atoms with E-state index in [1.54, 1.807) is 0 Å². The SMILES string of the molecule is O=c1[nH]cnc(N2CCCCC2CNC2CC2)c1Cl. The van der Waals surface area contributed by atoms with Gasteiger partial charge in [-0.25, -0.2) is 4.98 Å². The highest BCUT2D eigenvalue weighted by molar-refractivity contribution is 6.32. The number of anilines is 1. The number of hydrogen-bond acceptors (Lipinski definition) is 4. The number of nitrogens with zero attached hydrogens (tertiary/aromatic N) is 2. The van der Waals surface area contributed by atoms with Crippen molar-refractivity contribution in [3.05, 3.63) is 21.7 Å². The summed E-state index contributed by atoms with van der Waals surface area (Å²) in [5.74, 6) is 0.632. The predicted octanol–water partition coefficient (Wildman–Crippen LogP) is 1.53. The standard InChI is InChI=1S/C13H19ClN4O/c14-11-12(16-8-17-13(11)19)18-6-2-1-3-10(18)7-15-9-4-5-9/h8-10,15H,1-7H2,(H,16,17,19). The number of nitrogens with one attached hydrogen (secondary N) is 2. The average molecular weight is 283 g/mol. The van der Waals surface area contributed by atoms with Crippen LogP contribution in [0.5, 0.6) is 0 Å². The van der Waals surface area contributed by atoms with Crippen molar-refractivity contribution in [2.24, 2.45) is 0 Å². The summed E-state index contributed by atoms with van der Waals surface area (Å²) in [4.78, 5) is 20.6. The summed E-state index contributed by atoms with van der Waals surface area (Å²) >= 11 is 6.10. The molecule has 0 aromatic carbocycles. The third kappa shape index (κ3) is 2.92. The normalized spacial score (nSPS) is 23.6. The van der Waals surface area contributed by atoms with Gasteiger partial charge in [-0.05, 0) is 32.1 Å². The second-order valence-corrected chi connectivity index (χ2v) is 5.77. The van der Waals surface area contributed by atoms with Gasteiger partial charge in [0.2, 0.25) is 0 Å². The van der Waals surface area contributed by atoms with Gasteiger partial charge >= 0.3 is 0 Å². The van der Waals surface area contributed by atoms with Crippen LogP contribution in [0.2, 0.25) is 5.02 Å². The van der Waals surface area contributed by atoms with Crippen LogP contribution in [0, 0.1) is 0 Å². The van der Waals surface area contributed by atoms with Crippen molar-refractivity contribution < 1.29 is 0 Å². The number of halogens is 1. The molecule has 5 nitrogen and oxygen atoms in total. The molecule has 2 fully saturated rings. The molecule has 104 valence electrons. The van der Waals surface area contributed by atoms with Gasteiger partial charge in [-0.3, -0.25) is 4.79 Å². The molecule has 0 bridgehead atoms. The number of piperidine rings is 1. The topological polar surface area (TPSA) is 61.0 Å². The lowest BCUT2D eigenvalue weighted by atomic mass is 10.0. The van der Waals surface area contributed by atoms with Crippen molar-refractivity contribution in [3.8, 4) is 0 Å². The van der Waals surface area contributed by atoms with Crippen LogP contribution in [0.3, 0.4) is 0 Å². The Morgan fingerprint density at radius 2 is 2.26 bits per heavy atom. The third-order valence-corrected chi connectivity index (χ3v) is 4.24. The molecule has 1 saturated heterocycles. The van der Waals surface area contributed by atoms with Gasteiger partial charge < -0.3 is 15.2 Å². The van der Waals surface area contributed by atoms with Crippen molar-refractivity contribution in [3.63, 3.8) is 0 Å². The number of hydrogen-bond donors (Lipinski definition) is 2. The summed E-state index contributed by atoms with van der Waals surface area (Å²) < 4.78 is 0. The Labute approximate surface area is 117 Å². The largest absolute Gasteiger partial charge is 0.351 e. The van der Waals surface area contributed by atoms with E-state index in [4.69, 9.17) is 11.6 Å². The maximum atomic E-state index is 11.6. The molecule has 0 amide bonds. The molecule has 3 rings (SSSR count). The first kappa shape index (κ1) is 12.9. The molecule has 2 aliphatic rings. The highest BCUT2D eigenvalue weighted by atomic mass is 35.5. The van der Waals surface area contributed by atoms with Crippen molar-refractivity contribution in [1.29, 1.82) is 0 Å². The molecule has 1 aromatic heterocycles. The molecule has 1 atom stereocenters. The van der Waals surface area contributed by atoms with E-state index in [-0.39, 0.29) is 10.6 Å². The van der Waals surface area contributed by atoms with Crippen molar-refractivity contribution in [2.45, 2.75) is 44.2 Å². The highest BCUT2D eigenvalue weighted by Gasteiger charge is 2.28. The van der Waals surface area contributed by atoms with Crippen molar-refractivity contribution in [1.82, 2.24) is 15.3 Å². The summed E-state index contributed by atoms with van der Waals surface area (Å²) in [6.45, 7) is 1.88. The van der Waals surface area contributed by atoms with Crippen molar-refractivity contribution in [2.75, 3.05) is 18.0 Å². The lowest BCUT2D eigenvalue weighted by Crippen LogP contribution is -2.47. The Balaban J connectivity index is 1.78. The fraction of sp³-hybridized carbons (Fsp3) is 0.692. The number of aromatic amines is 1. The molecule has 0 spiro atoms. The number of aromatic nitrogens is 2. The fourth-order valence-electron chi connectivity index (χ4n) is 2.66. The molecule has 1 aliphatic carbocycles. The number of rotatable bonds is 4. The summed E-state index contributed by atoms with van der Waals surface area (Å²) in [6.07, 6.45) is 7.50. The van der Waals surface area contributed by atoms with E-state index in [2.05, 4.69) is 20.2 Å². The van der Waals surface area contributed by atoms with Gasteiger partial charge in [-0.1, -0.05) is 11.6 Å². The van der Waals surface area contributed by atoms with Gasteiger partial charge in [0.1, 0.15) is 5.02 Å². The molecule has 0 radical (unpaired) electrons. The summed E-state index contributed by atoms with van der Waals surface area (Å²) in [6, 6.07) is 1.09. The molecule has 19 heavy (non-hydrogen) atoms. The van der Waals surface area contributed by atoms with Crippen LogP contribution in [0.25, 0.3) is 0 Å². The minimum Gasteiger partial charge on any atom is -0.351 e. The summed E-state index contributed by atoms with van der Waals surface area (Å²) in [7, 11) is 0. The summed E-state index contributed by atoms with van der Waals surface area (Å²) in [5, 5.41) is 3.77. The van der Waals surface area contributed by atoms with Gasteiger partial charge in [0.05, 0.1) is 6.33 Å². The number of H-pyrrole nitrogens is 1. The Morgan fingerprint density at radius 3 is 3.05 bits per heavy atom. The zero-order valence-corrected chi connectivity index (χ0v) is 11.6. The third-order valence-electron chi connectivity index (χ3n) is 3.90. The van der Waals surface area contributed by atoms with Crippen LogP contribution in [0.4, 0.5) is 5.82 Å². The minimum absolute atomic E-state index is 0.209. The van der Waals surface area contributed by atoms with E-state index in [0.717, 1.165) is 25.9 Å². The first-order valence-electron chi connectivity index (χ1n) is 6.99. The van der Waals surface area contributed by atoms with Crippen LogP contribution >= 0.6 is 11.6 Å². The maximum absolute atomic E-state index is 11.6. The monoisotopic (exact) mass is 282 g/mol. The summed E-state index contributed by atoms with van der Waals surface area (Å²) in [5.41, 5.74) is -0.258. The van der Waals surface area contributed by atoms with E-state index in [9.17, 15) is 4.79 Å². The molecule has 1 aromatic rings. The van der Waals surface area contributed by atoms with Crippen LogP contribution in [0.1, 0.15) is 32.1 Å². The average Bonchev–Trinajstić information content (AvgIpc) is 3.24. The molecular formula is C13H19ClN4O. The molecule has 1 saturated carbocycles. The Morgan fingerprint density at radius 1 is 1.42 bits per heavy atom. The zero-order valence-electron chi connectivity index (χ0n) is 10.9. The first-order chi connectivity index (χ1) is 9.25. The van der Waals surface area contributed by atoms with Gasteiger partial charge in [0.15, 0.2) is 5.82 Å². The molecule has 6 heteroatoms. The smallest absolute Gasteiger partial charge is 0.271 e. The van der Waals surface area contributed by atoms with E-state index < -0.39 is 0 Å². The Bertz CT molecular complexity index is 500. The van der Waals surface area contributed by atoms with Crippen molar-refractivity contribution >= 4 is 17.4 Å². The van der Waals surface area contributed by atoms with Gasteiger partial charge in [0, 0.05) is 25.2 Å². The van der Waals surface area contributed by atoms with Gasteiger partial charge in [0.25, 0.3) is 5.56 Å². The zero-order chi connectivity index (χ0) is 13.2. The second-order valence-electron chi connectivity index (χ2n) is 5.39. The van der Waals surface area contributed by atoms with E-state index in [0.29, 0.717) is 17.9 Å². The molecule has 2 N–H and O–H groups in total. The van der Waals surface area contributed by atoms with E-state index >= 15 is 0 Å². The van der Waals surface area contributed by atoms with E-state index in [1.807, 2.05) is 0 Å². The van der Waals surface area contributed by atoms with Gasteiger partial charge in [-0.2, -0.15) is 0 Å². The highest BCUT2D eigenvalue weighted by Crippen LogP contribution is 2.27. The quantitative estimate of drug-likeness (QED) is 0.879. The molecule has 1 unspecified atom stereocenters. The lowest BCUT2D eigenvalue weighted by molar-refractivity contribution is 0.431. The molecule has 2 heterocycles. The molecule has 1 aliphatic heterocycles. The van der Waals surface area contributed by atoms with Crippen LogP contribution in [-0.4, -0.2) is 35.1 Å². The van der Waals surface area contributed by atoms with Gasteiger partial charge in [-0.15, -0.1) is 0 Å². The fourth-order valence-corrected chi connectivity index (χ4v) is 2.87. The Hall–Kier alpha value is -1.07. The lowest BCUT2D eigenvalue weighted by Gasteiger charge is -2.37. The predicted molar refractivity (Wildman–Crippen MR) is 75.9 cm³/mol. The van der Waals surface area contributed by atoms with Crippen LogP contribution in [0.15, 0.2) is 11.1 Å². The van der Waals surface area contributed by atoms with Crippen LogP contribution < -0.4 is 15.8 Å². The second kappa shape index (κ2) is 5.51. The first-order valence-corrected chi connectivity index (χ1v) is 7.36. The van der Waals surface area contributed by atoms with Crippen LogP contribution in [-0.2, 0) is 0 Å². The Kier molecular flexibility index (Phi) is 3.75. The van der Waals surface area contributed by atoms with E-state index in [1.165, 1.54) is 25.6 Å².